The fourth-order valence-electron chi connectivity index (χ4n) is 1.63. The summed E-state index contributed by atoms with van der Waals surface area (Å²) in [5.74, 6) is -1.07. The van der Waals surface area contributed by atoms with Crippen LogP contribution in [0.15, 0.2) is 18.2 Å². The number of hydrogen-bond donors (Lipinski definition) is 1. The first-order valence-electron chi connectivity index (χ1n) is 7.67. The van der Waals surface area contributed by atoms with Gasteiger partial charge in [0.05, 0.1) is 6.61 Å². The van der Waals surface area contributed by atoms with Crippen molar-refractivity contribution in [3.05, 3.63) is 35.4 Å². The van der Waals surface area contributed by atoms with E-state index in [1.807, 2.05) is 13.8 Å². The maximum Gasteiger partial charge on any atom is 0.192 e. The third kappa shape index (κ3) is 5.45. The fourth-order valence-corrected chi connectivity index (χ4v) is 2.78. The summed E-state index contributed by atoms with van der Waals surface area (Å²) >= 11 is 0. The molecule has 0 amide bonds. The molecule has 1 N–H and O–H groups in total. The van der Waals surface area contributed by atoms with Crippen molar-refractivity contribution < 1.29 is 13.2 Å². The van der Waals surface area contributed by atoms with Gasteiger partial charge in [-0.3, -0.25) is 0 Å². The van der Waals surface area contributed by atoms with Crippen molar-refractivity contribution in [1.29, 1.82) is 0 Å². The predicted molar refractivity (Wildman–Crippen MR) is 90.4 cm³/mol. The summed E-state index contributed by atoms with van der Waals surface area (Å²) in [6.07, 6.45) is 0. The zero-order valence-electron chi connectivity index (χ0n) is 14.8. The maximum atomic E-state index is 13.7. The van der Waals surface area contributed by atoms with Crippen molar-refractivity contribution in [2.24, 2.45) is 0 Å². The average molecular weight is 330 g/mol. The van der Waals surface area contributed by atoms with E-state index >= 15 is 0 Å². The van der Waals surface area contributed by atoms with Gasteiger partial charge in [-0.1, -0.05) is 26.8 Å². The lowest BCUT2D eigenvalue weighted by molar-refractivity contribution is 0.190. The van der Waals surface area contributed by atoms with Crippen LogP contribution in [0.4, 0.5) is 8.78 Å². The van der Waals surface area contributed by atoms with E-state index in [1.165, 1.54) is 12.1 Å². The zero-order chi connectivity index (χ0) is 17.2. The lowest BCUT2D eigenvalue weighted by Crippen LogP contribution is -2.49. The predicted octanol–water partition coefficient (Wildman–Crippen LogP) is 4.85. The normalized spacial score (nSPS) is 13.5. The van der Waals surface area contributed by atoms with Crippen LogP contribution < -0.4 is 5.32 Å². The number of nitrogens with one attached hydrogen (secondary N) is 1. The smallest absolute Gasteiger partial charge is 0.192 e. The third-order valence-electron chi connectivity index (χ3n) is 4.37. The zero-order valence-corrected chi connectivity index (χ0v) is 15.8. The van der Waals surface area contributed by atoms with Crippen LogP contribution in [-0.4, -0.2) is 20.5 Å². The molecule has 0 aliphatic rings. The van der Waals surface area contributed by atoms with Crippen LogP contribution in [0.1, 0.15) is 40.2 Å². The summed E-state index contributed by atoms with van der Waals surface area (Å²) in [5.41, 5.74) is 0.179. The molecule has 2 nitrogen and oxygen atoms in total. The van der Waals surface area contributed by atoms with Gasteiger partial charge in [-0.25, -0.2) is 8.78 Å². The van der Waals surface area contributed by atoms with E-state index in [1.54, 1.807) is 0 Å². The second kappa shape index (κ2) is 6.77. The van der Waals surface area contributed by atoms with Gasteiger partial charge in [-0.05, 0) is 38.0 Å². The molecule has 0 fully saturated rings. The minimum Gasteiger partial charge on any atom is -0.415 e. The van der Waals surface area contributed by atoms with E-state index in [-0.39, 0.29) is 10.6 Å². The number of rotatable bonds is 6. The molecule has 22 heavy (non-hydrogen) atoms. The quantitative estimate of drug-likeness (QED) is 0.753. The molecule has 0 aromatic heterocycles. The van der Waals surface area contributed by atoms with Gasteiger partial charge in [-0.2, -0.15) is 0 Å². The van der Waals surface area contributed by atoms with Gasteiger partial charge in [0.25, 0.3) is 0 Å². The molecule has 5 heteroatoms. The van der Waals surface area contributed by atoms with Gasteiger partial charge < -0.3 is 9.74 Å². The van der Waals surface area contributed by atoms with E-state index in [0.717, 1.165) is 6.07 Å². The molecule has 0 aliphatic heterocycles. The van der Waals surface area contributed by atoms with Crippen LogP contribution in [0.2, 0.25) is 18.1 Å². The van der Waals surface area contributed by atoms with E-state index in [4.69, 9.17) is 4.43 Å². The van der Waals surface area contributed by atoms with Gasteiger partial charge >= 0.3 is 0 Å². The highest BCUT2D eigenvalue weighted by molar-refractivity contribution is 6.74. The van der Waals surface area contributed by atoms with Crippen molar-refractivity contribution >= 4 is 8.32 Å². The summed E-state index contributed by atoms with van der Waals surface area (Å²) in [6, 6.07) is 3.66. The standard InChI is InChI=1S/C17H29F2NOSi/c1-16(2,3)22(6,7)21-12-17(4,5)20-11-13-8-9-14(18)10-15(13)19/h8-10,20H,11-12H2,1-7H3. The molecule has 0 unspecified atom stereocenters. The van der Waals surface area contributed by atoms with E-state index in [2.05, 4.69) is 39.2 Å². The minimum atomic E-state index is -1.81. The molecule has 1 aromatic rings. The molecule has 0 heterocycles. The second-order valence-electron chi connectivity index (χ2n) is 8.02. The Hall–Kier alpha value is -0.783. The Labute approximate surface area is 134 Å². The summed E-state index contributed by atoms with van der Waals surface area (Å²) in [7, 11) is -1.81. The van der Waals surface area contributed by atoms with Crippen LogP contribution in [0.5, 0.6) is 0 Å². The van der Waals surface area contributed by atoms with Crippen LogP contribution in [-0.2, 0) is 11.0 Å². The molecular weight excluding hydrogens is 300 g/mol. The SMILES string of the molecule is CC(C)(CO[Si](C)(C)C(C)(C)C)NCc1ccc(F)cc1F. The molecule has 0 saturated carbocycles. The largest absolute Gasteiger partial charge is 0.415 e. The van der Waals surface area contributed by atoms with Gasteiger partial charge in [-0.15, -0.1) is 0 Å². The highest BCUT2D eigenvalue weighted by Crippen LogP contribution is 2.36. The molecule has 1 aromatic carbocycles. The fraction of sp³-hybridized carbons (Fsp3) is 0.647. The van der Waals surface area contributed by atoms with Gasteiger partial charge in [0.2, 0.25) is 0 Å². The molecule has 0 spiro atoms. The van der Waals surface area contributed by atoms with E-state index < -0.39 is 20.0 Å². The van der Waals surface area contributed by atoms with Crippen LogP contribution in [0, 0.1) is 11.6 Å². The van der Waals surface area contributed by atoms with Crippen molar-refractivity contribution in [3.63, 3.8) is 0 Å². The third-order valence-corrected chi connectivity index (χ3v) is 8.85. The summed E-state index contributed by atoms with van der Waals surface area (Å²) in [4.78, 5) is 0. The molecule has 1 rings (SSSR count). The van der Waals surface area contributed by atoms with E-state index in [0.29, 0.717) is 18.7 Å². The Balaban J connectivity index is 2.61. The van der Waals surface area contributed by atoms with Gasteiger partial charge in [0.15, 0.2) is 8.32 Å². The highest BCUT2D eigenvalue weighted by Gasteiger charge is 2.38. The minimum absolute atomic E-state index is 0.159. The second-order valence-corrected chi connectivity index (χ2v) is 12.8. The van der Waals surface area contributed by atoms with Crippen LogP contribution in [0.3, 0.4) is 0 Å². The highest BCUT2D eigenvalue weighted by atomic mass is 28.4. The first-order chi connectivity index (χ1) is 9.84. The summed E-state index contributed by atoms with van der Waals surface area (Å²) in [5, 5.41) is 3.45. The Morgan fingerprint density at radius 2 is 1.68 bits per heavy atom. The Kier molecular flexibility index (Phi) is 5.92. The molecule has 126 valence electrons. The van der Waals surface area contributed by atoms with Crippen molar-refractivity contribution in [2.75, 3.05) is 6.61 Å². The number of hydrogen-bond acceptors (Lipinski definition) is 2. The lowest BCUT2D eigenvalue weighted by Gasteiger charge is -2.39. The first kappa shape index (κ1) is 19.3. The molecule has 0 bridgehead atoms. The van der Waals surface area contributed by atoms with Crippen LogP contribution >= 0.6 is 0 Å². The average Bonchev–Trinajstić information content (AvgIpc) is 2.34. The molecular formula is C17H29F2NOSi. The molecule has 0 radical (unpaired) electrons. The summed E-state index contributed by atoms with van der Waals surface area (Å²) < 4.78 is 32.8. The monoisotopic (exact) mass is 329 g/mol. The number of benzene rings is 1. The Morgan fingerprint density at radius 3 is 2.18 bits per heavy atom. The first-order valence-corrected chi connectivity index (χ1v) is 10.6. The van der Waals surface area contributed by atoms with Gasteiger partial charge in [0.1, 0.15) is 11.6 Å². The lowest BCUT2D eigenvalue weighted by atomic mass is 10.1. The molecule has 0 atom stereocenters. The van der Waals surface area contributed by atoms with Crippen molar-refractivity contribution in [2.45, 2.75) is 64.8 Å². The van der Waals surface area contributed by atoms with Crippen molar-refractivity contribution in [1.82, 2.24) is 5.32 Å². The topological polar surface area (TPSA) is 21.3 Å². The van der Waals surface area contributed by atoms with Crippen molar-refractivity contribution in [3.8, 4) is 0 Å². The number of halogens is 2. The van der Waals surface area contributed by atoms with Crippen LogP contribution in [0.25, 0.3) is 0 Å². The summed E-state index contributed by atoms with van der Waals surface area (Å²) in [6.45, 7) is 16.0. The molecule has 0 saturated heterocycles. The maximum absolute atomic E-state index is 13.7. The Morgan fingerprint density at radius 1 is 1.09 bits per heavy atom. The van der Waals surface area contributed by atoms with Gasteiger partial charge in [0, 0.05) is 23.7 Å². The Bertz CT molecular complexity index is 510. The molecule has 0 aliphatic carbocycles. The van der Waals surface area contributed by atoms with E-state index in [9.17, 15) is 8.78 Å².